The molecule has 33 heavy (non-hydrogen) atoms. The molecule has 4 rings (SSSR count). The van der Waals surface area contributed by atoms with E-state index in [4.69, 9.17) is 58.6 Å². The Bertz CT molecular complexity index is 1300. The molecule has 0 amide bonds. The van der Waals surface area contributed by atoms with Crippen molar-refractivity contribution in [3.05, 3.63) is 91.6 Å². The zero-order valence-corrected chi connectivity index (χ0v) is 21.2. The highest BCUT2D eigenvalue weighted by atomic mass is 35.5. The number of aryl methyl sites for hydroxylation is 1. The van der Waals surface area contributed by atoms with Gasteiger partial charge < -0.3 is 10.6 Å². The molecule has 2 heterocycles. The molecule has 0 spiro atoms. The van der Waals surface area contributed by atoms with Crippen molar-refractivity contribution in [2.24, 2.45) is 0 Å². The highest BCUT2D eigenvalue weighted by Crippen LogP contribution is 2.25. The van der Waals surface area contributed by atoms with Crippen LogP contribution in [0.15, 0.2) is 54.7 Å². The van der Waals surface area contributed by atoms with Crippen molar-refractivity contribution in [3.8, 4) is 0 Å². The molecule has 0 aliphatic heterocycles. The molecule has 0 radical (unpaired) electrons. The standard InChI is InChI=1S/C22H18Cl4N6S/c1-13-9-21(30-32(13)11-14-5-6-15(23)10-19(14)26)28-22(33)27-20-7-8-31(29-20)12-16-17(24)3-2-4-18(16)25/h2-10H,11-12H2,1H3,(H2,27,28,29,30,33). The van der Waals surface area contributed by atoms with Crippen LogP contribution in [0.5, 0.6) is 0 Å². The van der Waals surface area contributed by atoms with Crippen LogP contribution >= 0.6 is 58.6 Å². The predicted octanol–water partition coefficient (Wildman–Crippen LogP) is 6.91. The summed E-state index contributed by atoms with van der Waals surface area (Å²) >= 11 is 30.2. The van der Waals surface area contributed by atoms with Gasteiger partial charge in [0.2, 0.25) is 0 Å². The van der Waals surface area contributed by atoms with Crippen LogP contribution in [-0.4, -0.2) is 24.7 Å². The fourth-order valence-corrected chi connectivity index (χ4v) is 4.36. The SMILES string of the molecule is Cc1cc(NC(=S)Nc2ccn(Cc3c(Cl)cccc3Cl)n2)nn1Cc1ccc(Cl)cc1Cl. The lowest BCUT2D eigenvalue weighted by Gasteiger charge is -2.08. The number of rotatable bonds is 6. The molecule has 11 heteroatoms. The number of nitrogens with one attached hydrogen (secondary N) is 2. The summed E-state index contributed by atoms with van der Waals surface area (Å²) in [6.45, 7) is 2.91. The maximum atomic E-state index is 6.29. The van der Waals surface area contributed by atoms with E-state index in [9.17, 15) is 0 Å². The van der Waals surface area contributed by atoms with Crippen LogP contribution in [0.1, 0.15) is 16.8 Å². The van der Waals surface area contributed by atoms with E-state index in [0.717, 1.165) is 16.8 Å². The van der Waals surface area contributed by atoms with E-state index in [1.54, 1.807) is 35.0 Å². The van der Waals surface area contributed by atoms with Gasteiger partial charge in [-0.3, -0.25) is 9.36 Å². The Labute approximate surface area is 216 Å². The molecule has 170 valence electrons. The van der Waals surface area contributed by atoms with E-state index in [-0.39, 0.29) is 0 Å². The lowest BCUT2D eigenvalue weighted by molar-refractivity contribution is 0.668. The van der Waals surface area contributed by atoms with Crippen LogP contribution in [0.25, 0.3) is 0 Å². The minimum Gasteiger partial charge on any atom is -0.316 e. The molecule has 2 N–H and O–H groups in total. The van der Waals surface area contributed by atoms with Crippen LogP contribution in [0.3, 0.4) is 0 Å². The third kappa shape index (κ3) is 5.99. The summed E-state index contributed by atoms with van der Waals surface area (Å²) in [5, 5.41) is 17.9. The number of anilines is 2. The third-order valence-electron chi connectivity index (χ3n) is 4.82. The second-order valence-electron chi connectivity index (χ2n) is 7.24. The fraction of sp³-hybridized carbons (Fsp3) is 0.136. The molecular formula is C22H18Cl4N6S. The third-order valence-corrected chi connectivity index (χ3v) is 6.32. The van der Waals surface area contributed by atoms with E-state index in [2.05, 4.69) is 20.8 Å². The van der Waals surface area contributed by atoms with Gasteiger partial charge in [0, 0.05) is 49.7 Å². The number of thiocarbonyl (C=S) groups is 1. The summed E-state index contributed by atoms with van der Waals surface area (Å²) in [7, 11) is 0. The monoisotopic (exact) mass is 538 g/mol. The molecule has 0 saturated heterocycles. The quantitative estimate of drug-likeness (QED) is 0.261. The zero-order valence-electron chi connectivity index (χ0n) is 17.3. The molecule has 0 saturated carbocycles. The molecule has 0 unspecified atom stereocenters. The average molecular weight is 540 g/mol. The van der Waals surface area contributed by atoms with E-state index in [1.807, 2.05) is 36.0 Å². The Morgan fingerprint density at radius 1 is 0.879 bits per heavy atom. The van der Waals surface area contributed by atoms with Gasteiger partial charge in [-0.15, -0.1) is 0 Å². The number of nitrogens with zero attached hydrogens (tertiary/aromatic N) is 4. The molecule has 0 aliphatic carbocycles. The molecule has 0 bridgehead atoms. The Morgan fingerprint density at radius 2 is 1.61 bits per heavy atom. The van der Waals surface area contributed by atoms with Crippen LogP contribution in [0.4, 0.5) is 11.6 Å². The van der Waals surface area contributed by atoms with Crippen molar-refractivity contribution in [1.82, 2.24) is 19.6 Å². The Kier molecular flexibility index (Phi) is 7.46. The van der Waals surface area contributed by atoms with Gasteiger partial charge in [0.05, 0.1) is 13.1 Å². The topological polar surface area (TPSA) is 59.7 Å². The highest BCUT2D eigenvalue weighted by Gasteiger charge is 2.11. The van der Waals surface area contributed by atoms with Crippen molar-refractivity contribution < 1.29 is 0 Å². The lowest BCUT2D eigenvalue weighted by atomic mass is 10.2. The average Bonchev–Trinajstić information content (AvgIpc) is 3.32. The van der Waals surface area contributed by atoms with Crippen molar-refractivity contribution in [2.45, 2.75) is 20.0 Å². The van der Waals surface area contributed by atoms with Gasteiger partial charge in [0.1, 0.15) is 0 Å². The number of benzene rings is 2. The molecule has 4 aromatic rings. The van der Waals surface area contributed by atoms with Crippen molar-refractivity contribution >= 4 is 75.4 Å². The van der Waals surface area contributed by atoms with Gasteiger partial charge in [-0.25, -0.2) is 0 Å². The van der Waals surface area contributed by atoms with E-state index in [0.29, 0.717) is 49.9 Å². The summed E-state index contributed by atoms with van der Waals surface area (Å²) in [5.41, 5.74) is 2.67. The van der Waals surface area contributed by atoms with Gasteiger partial charge >= 0.3 is 0 Å². The molecule has 0 atom stereocenters. The second-order valence-corrected chi connectivity index (χ2v) is 9.31. The first-order chi connectivity index (χ1) is 15.8. The van der Waals surface area contributed by atoms with Crippen LogP contribution < -0.4 is 10.6 Å². The molecule has 2 aromatic carbocycles. The highest BCUT2D eigenvalue weighted by molar-refractivity contribution is 7.80. The largest absolute Gasteiger partial charge is 0.316 e. The normalized spacial score (nSPS) is 10.9. The molecular weight excluding hydrogens is 522 g/mol. The van der Waals surface area contributed by atoms with Gasteiger partial charge in [-0.1, -0.05) is 58.5 Å². The van der Waals surface area contributed by atoms with Crippen molar-refractivity contribution in [3.63, 3.8) is 0 Å². The first kappa shape index (κ1) is 23.9. The first-order valence-electron chi connectivity index (χ1n) is 9.81. The summed E-state index contributed by atoms with van der Waals surface area (Å²) < 4.78 is 3.56. The number of hydrogen-bond donors (Lipinski definition) is 2. The minimum atomic E-state index is 0.366. The number of halogens is 4. The Balaban J connectivity index is 1.38. The molecule has 2 aromatic heterocycles. The minimum absolute atomic E-state index is 0.366. The zero-order chi connectivity index (χ0) is 23.5. The van der Waals surface area contributed by atoms with Gasteiger partial charge in [0.25, 0.3) is 0 Å². The molecule has 0 aliphatic rings. The van der Waals surface area contributed by atoms with Gasteiger partial charge in [-0.05, 0) is 49.0 Å². The summed E-state index contributed by atoms with van der Waals surface area (Å²) in [6, 6.07) is 14.5. The predicted molar refractivity (Wildman–Crippen MR) is 140 cm³/mol. The van der Waals surface area contributed by atoms with Crippen molar-refractivity contribution in [1.29, 1.82) is 0 Å². The summed E-state index contributed by atoms with van der Waals surface area (Å²) in [6.07, 6.45) is 1.82. The lowest BCUT2D eigenvalue weighted by Crippen LogP contribution is -2.20. The van der Waals surface area contributed by atoms with Gasteiger partial charge in [0.15, 0.2) is 16.7 Å². The number of aromatic nitrogens is 4. The Morgan fingerprint density at radius 3 is 2.33 bits per heavy atom. The second kappa shape index (κ2) is 10.3. The van der Waals surface area contributed by atoms with E-state index >= 15 is 0 Å². The first-order valence-corrected chi connectivity index (χ1v) is 11.7. The smallest absolute Gasteiger partial charge is 0.177 e. The maximum Gasteiger partial charge on any atom is 0.177 e. The maximum absolute atomic E-state index is 6.29. The fourth-order valence-electron chi connectivity index (χ4n) is 3.17. The van der Waals surface area contributed by atoms with E-state index < -0.39 is 0 Å². The number of hydrogen-bond acceptors (Lipinski definition) is 3. The van der Waals surface area contributed by atoms with Crippen LogP contribution in [-0.2, 0) is 13.1 Å². The molecule has 0 fully saturated rings. The van der Waals surface area contributed by atoms with Gasteiger partial charge in [-0.2, -0.15) is 10.2 Å². The summed E-state index contributed by atoms with van der Waals surface area (Å²) in [4.78, 5) is 0. The van der Waals surface area contributed by atoms with Crippen LogP contribution in [0.2, 0.25) is 20.1 Å². The van der Waals surface area contributed by atoms with Crippen LogP contribution in [0, 0.1) is 6.92 Å². The Hall–Kier alpha value is -2.29. The molecule has 6 nitrogen and oxygen atoms in total. The van der Waals surface area contributed by atoms with Crippen molar-refractivity contribution in [2.75, 3.05) is 10.6 Å². The summed E-state index contributed by atoms with van der Waals surface area (Å²) in [5.74, 6) is 1.19. The van der Waals surface area contributed by atoms with E-state index in [1.165, 1.54) is 0 Å².